The van der Waals surface area contributed by atoms with E-state index in [-0.39, 0.29) is 35.3 Å². The number of nitrogens with one attached hydrogen (secondary N) is 2. The molecule has 1 aliphatic rings. The van der Waals surface area contributed by atoms with Gasteiger partial charge in [-0.05, 0) is 18.9 Å². The lowest BCUT2D eigenvalue weighted by Gasteiger charge is -2.31. The summed E-state index contributed by atoms with van der Waals surface area (Å²) >= 11 is 0. The van der Waals surface area contributed by atoms with Gasteiger partial charge in [-0.25, -0.2) is 4.98 Å². The van der Waals surface area contributed by atoms with Crippen LogP contribution in [-0.4, -0.2) is 56.5 Å². The summed E-state index contributed by atoms with van der Waals surface area (Å²) in [6.45, 7) is 1.14. The number of rotatable bonds is 6. The molecule has 146 valence electrons. The Morgan fingerprint density at radius 2 is 2.04 bits per heavy atom. The highest BCUT2D eigenvalue weighted by Gasteiger charge is 2.42. The lowest BCUT2D eigenvalue weighted by molar-refractivity contribution is -0.138. The minimum atomic E-state index is -0.326. The SMILES string of the molecule is CN=C(NCc1cccnc1OC)NCC1(C(=O)N(C)C)CCCC1.I. The molecule has 26 heavy (non-hydrogen) atoms. The van der Waals surface area contributed by atoms with Crippen molar-refractivity contribution < 1.29 is 9.53 Å². The highest BCUT2D eigenvalue weighted by molar-refractivity contribution is 14.0. The molecule has 0 aliphatic heterocycles. The fourth-order valence-electron chi connectivity index (χ4n) is 3.39. The van der Waals surface area contributed by atoms with Crippen LogP contribution in [0.2, 0.25) is 0 Å². The zero-order valence-corrected chi connectivity index (χ0v) is 18.4. The minimum Gasteiger partial charge on any atom is -0.481 e. The minimum absolute atomic E-state index is 0. The number of aliphatic imine (C=N–C) groups is 1. The van der Waals surface area contributed by atoms with E-state index in [0.29, 0.717) is 24.9 Å². The molecule has 1 aromatic rings. The van der Waals surface area contributed by atoms with Gasteiger partial charge < -0.3 is 20.3 Å². The molecule has 0 saturated heterocycles. The number of aromatic nitrogens is 1. The van der Waals surface area contributed by atoms with Gasteiger partial charge in [0.05, 0.1) is 12.5 Å². The van der Waals surface area contributed by atoms with Crippen LogP contribution in [0.1, 0.15) is 31.2 Å². The van der Waals surface area contributed by atoms with Crippen molar-refractivity contribution in [3.8, 4) is 5.88 Å². The van der Waals surface area contributed by atoms with Crippen molar-refractivity contribution in [1.29, 1.82) is 0 Å². The van der Waals surface area contributed by atoms with Gasteiger partial charge in [0.25, 0.3) is 0 Å². The zero-order valence-electron chi connectivity index (χ0n) is 16.0. The Balaban J connectivity index is 0.00000338. The van der Waals surface area contributed by atoms with Crippen molar-refractivity contribution in [3.63, 3.8) is 0 Å². The van der Waals surface area contributed by atoms with Crippen LogP contribution in [-0.2, 0) is 11.3 Å². The molecule has 8 heteroatoms. The molecule has 0 atom stereocenters. The monoisotopic (exact) mass is 475 g/mol. The summed E-state index contributed by atoms with van der Waals surface area (Å²) in [7, 11) is 6.98. The van der Waals surface area contributed by atoms with Crippen LogP contribution >= 0.6 is 24.0 Å². The van der Waals surface area contributed by atoms with Gasteiger partial charge in [-0.15, -0.1) is 24.0 Å². The van der Waals surface area contributed by atoms with Crippen LogP contribution in [0, 0.1) is 5.41 Å². The van der Waals surface area contributed by atoms with Crippen molar-refractivity contribution >= 4 is 35.8 Å². The van der Waals surface area contributed by atoms with E-state index in [9.17, 15) is 4.79 Å². The molecule has 1 saturated carbocycles. The molecule has 1 amide bonds. The van der Waals surface area contributed by atoms with Gasteiger partial charge in [0, 0.05) is 46.0 Å². The van der Waals surface area contributed by atoms with E-state index in [0.717, 1.165) is 31.2 Å². The molecule has 0 radical (unpaired) electrons. The lowest BCUT2D eigenvalue weighted by Crippen LogP contribution is -2.49. The molecule has 0 spiro atoms. The van der Waals surface area contributed by atoms with Gasteiger partial charge in [0.15, 0.2) is 5.96 Å². The molecule has 7 nitrogen and oxygen atoms in total. The van der Waals surface area contributed by atoms with Crippen molar-refractivity contribution in [2.75, 3.05) is 34.8 Å². The second-order valence-electron chi connectivity index (χ2n) is 6.64. The van der Waals surface area contributed by atoms with Crippen molar-refractivity contribution in [3.05, 3.63) is 23.9 Å². The number of ether oxygens (including phenoxy) is 1. The molecule has 0 aromatic carbocycles. The first-order chi connectivity index (χ1) is 12.0. The Hall–Kier alpha value is -1.58. The van der Waals surface area contributed by atoms with E-state index in [1.165, 1.54) is 0 Å². The number of carbonyl (C=O) groups is 1. The molecule has 1 aliphatic carbocycles. The first-order valence-corrected chi connectivity index (χ1v) is 8.66. The Morgan fingerprint density at radius 1 is 1.35 bits per heavy atom. The lowest BCUT2D eigenvalue weighted by atomic mass is 9.84. The standard InChI is InChI=1S/C18H29N5O2.HI/c1-19-17(21-12-14-8-7-11-20-15(14)25-4)22-13-18(9-5-6-10-18)16(24)23(2)3;/h7-8,11H,5-6,9-10,12-13H2,1-4H3,(H2,19,21,22);1H. The van der Waals surface area contributed by atoms with Crippen LogP contribution in [0.4, 0.5) is 0 Å². The third-order valence-corrected chi connectivity index (χ3v) is 4.73. The number of nitrogens with zero attached hydrogens (tertiary/aromatic N) is 3. The Kier molecular flexibility index (Phi) is 9.11. The topological polar surface area (TPSA) is 78.9 Å². The average Bonchev–Trinajstić information content (AvgIpc) is 3.11. The fourth-order valence-corrected chi connectivity index (χ4v) is 3.39. The van der Waals surface area contributed by atoms with Gasteiger partial charge in [0.1, 0.15) is 0 Å². The van der Waals surface area contributed by atoms with Crippen LogP contribution in [0.5, 0.6) is 5.88 Å². The maximum atomic E-state index is 12.6. The zero-order chi connectivity index (χ0) is 18.3. The van der Waals surface area contributed by atoms with Gasteiger partial charge in [-0.2, -0.15) is 0 Å². The van der Waals surface area contributed by atoms with Gasteiger partial charge >= 0.3 is 0 Å². The summed E-state index contributed by atoms with van der Waals surface area (Å²) in [6, 6.07) is 3.83. The van der Waals surface area contributed by atoms with Crippen LogP contribution in [0.25, 0.3) is 0 Å². The predicted octanol–water partition coefficient (Wildman–Crippen LogP) is 2.02. The van der Waals surface area contributed by atoms with E-state index in [2.05, 4.69) is 20.6 Å². The van der Waals surface area contributed by atoms with E-state index in [1.807, 2.05) is 26.2 Å². The van der Waals surface area contributed by atoms with E-state index < -0.39 is 0 Å². The van der Waals surface area contributed by atoms with Crippen molar-refractivity contribution in [2.24, 2.45) is 10.4 Å². The van der Waals surface area contributed by atoms with E-state index in [4.69, 9.17) is 4.74 Å². The largest absolute Gasteiger partial charge is 0.481 e. The molecule has 1 heterocycles. The quantitative estimate of drug-likeness (QED) is 0.374. The Bertz CT molecular complexity index is 615. The average molecular weight is 475 g/mol. The highest BCUT2D eigenvalue weighted by Crippen LogP contribution is 2.38. The van der Waals surface area contributed by atoms with Gasteiger partial charge in [-0.3, -0.25) is 9.79 Å². The second-order valence-corrected chi connectivity index (χ2v) is 6.64. The maximum Gasteiger partial charge on any atom is 0.230 e. The summed E-state index contributed by atoms with van der Waals surface area (Å²) in [5.74, 6) is 1.46. The summed E-state index contributed by atoms with van der Waals surface area (Å²) < 4.78 is 5.26. The van der Waals surface area contributed by atoms with E-state index in [1.54, 1.807) is 25.3 Å². The molecule has 2 rings (SSSR count). The third-order valence-electron chi connectivity index (χ3n) is 4.73. The number of amides is 1. The summed E-state index contributed by atoms with van der Waals surface area (Å²) in [4.78, 5) is 22.8. The van der Waals surface area contributed by atoms with E-state index >= 15 is 0 Å². The molecule has 0 unspecified atom stereocenters. The van der Waals surface area contributed by atoms with Crippen molar-refractivity contribution in [2.45, 2.75) is 32.2 Å². The first kappa shape index (κ1) is 22.5. The molecular weight excluding hydrogens is 445 g/mol. The summed E-state index contributed by atoms with van der Waals surface area (Å²) in [5, 5.41) is 6.59. The van der Waals surface area contributed by atoms with Gasteiger partial charge in [-0.1, -0.05) is 18.9 Å². The highest BCUT2D eigenvalue weighted by atomic mass is 127. The van der Waals surface area contributed by atoms with Crippen LogP contribution in [0.15, 0.2) is 23.3 Å². The predicted molar refractivity (Wildman–Crippen MR) is 114 cm³/mol. The fraction of sp³-hybridized carbons (Fsp3) is 0.611. The molecule has 1 fully saturated rings. The number of carbonyl (C=O) groups excluding carboxylic acids is 1. The Labute approximate surface area is 173 Å². The molecule has 2 N–H and O–H groups in total. The first-order valence-electron chi connectivity index (χ1n) is 8.66. The summed E-state index contributed by atoms with van der Waals surface area (Å²) in [5.41, 5.74) is 0.625. The molecule has 0 bridgehead atoms. The number of pyridine rings is 1. The number of methoxy groups -OCH3 is 1. The smallest absolute Gasteiger partial charge is 0.230 e. The number of halogens is 1. The maximum absolute atomic E-state index is 12.6. The van der Waals surface area contributed by atoms with Crippen molar-refractivity contribution in [1.82, 2.24) is 20.5 Å². The number of guanidine groups is 1. The van der Waals surface area contributed by atoms with Crippen LogP contribution in [0.3, 0.4) is 0 Å². The molecular formula is C18H30IN5O2. The number of hydrogen-bond donors (Lipinski definition) is 2. The third kappa shape index (κ3) is 5.46. The summed E-state index contributed by atoms with van der Waals surface area (Å²) in [6.07, 6.45) is 5.74. The molecule has 1 aromatic heterocycles. The normalized spacial score (nSPS) is 15.8. The van der Waals surface area contributed by atoms with Gasteiger partial charge in [0.2, 0.25) is 11.8 Å². The number of hydrogen-bond acceptors (Lipinski definition) is 4. The Morgan fingerprint density at radius 3 is 2.62 bits per heavy atom. The van der Waals surface area contributed by atoms with Crippen LogP contribution < -0.4 is 15.4 Å². The second kappa shape index (κ2) is 10.5.